The van der Waals surface area contributed by atoms with Gasteiger partial charge in [0.25, 0.3) is 0 Å². The van der Waals surface area contributed by atoms with Gasteiger partial charge in [0.2, 0.25) is 0 Å². The van der Waals surface area contributed by atoms with Crippen LogP contribution >= 0.6 is 0 Å². The summed E-state index contributed by atoms with van der Waals surface area (Å²) in [5, 5.41) is 13.5. The van der Waals surface area contributed by atoms with Crippen LogP contribution in [0.25, 0.3) is 0 Å². The first kappa shape index (κ1) is 12.0. The predicted octanol–water partition coefficient (Wildman–Crippen LogP) is 1.30. The van der Waals surface area contributed by atoms with Gasteiger partial charge in [0.1, 0.15) is 0 Å². The highest BCUT2D eigenvalue weighted by Crippen LogP contribution is 2.23. The largest absolute Gasteiger partial charge is 0.389 e. The van der Waals surface area contributed by atoms with E-state index in [2.05, 4.69) is 5.32 Å². The second kappa shape index (κ2) is 4.17. The highest BCUT2D eigenvalue weighted by molar-refractivity contribution is 4.95. The third-order valence-electron chi connectivity index (χ3n) is 3.32. The summed E-state index contributed by atoms with van der Waals surface area (Å²) >= 11 is 0. The van der Waals surface area contributed by atoms with Crippen molar-refractivity contribution in [3.8, 4) is 0 Å². The van der Waals surface area contributed by atoms with Gasteiger partial charge in [-0.25, -0.2) is 0 Å². The van der Waals surface area contributed by atoms with E-state index in [-0.39, 0.29) is 5.54 Å². The summed E-state index contributed by atoms with van der Waals surface area (Å²) in [7, 11) is 0. The maximum absolute atomic E-state index is 9.98. The quantitative estimate of drug-likeness (QED) is 0.723. The minimum atomic E-state index is -0.703. The average Bonchev–Trinajstić information content (AvgIpc) is 2.03. The summed E-state index contributed by atoms with van der Waals surface area (Å²) in [5.74, 6) is 0. The molecule has 2 N–H and O–H groups in total. The van der Waals surface area contributed by atoms with Gasteiger partial charge in [-0.05, 0) is 40.5 Å². The molecule has 1 heterocycles. The first-order valence-electron chi connectivity index (χ1n) is 5.41. The molecule has 3 nitrogen and oxygen atoms in total. The van der Waals surface area contributed by atoms with E-state index in [1.54, 1.807) is 0 Å². The maximum Gasteiger partial charge on any atom is 0.0767 e. The lowest BCUT2D eigenvalue weighted by Gasteiger charge is -2.42. The van der Waals surface area contributed by atoms with Crippen LogP contribution in [0.4, 0.5) is 0 Å². The highest BCUT2D eigenvalue weighted by atomic mass is 16.5. The molecule has 1 saturated heterocycles. The van der Waals surface area contributed by atoms with Gasteiger partial charge in [-0.2, -0.15) is 0 Å². The van der Waals surface area contributed by atoms with Crippen molar-refractivity contribution in [3.63, 3.8) is 0 Å². The van der Waals surface area contributed by atoms with Crippen LogP contribution in [-0.4, -0.2) is 35.5 Å². The SMILES string of the molecule is CC(C)(O)C(C)(C)NC1CCOCC1. The van der Waals surface area contributed by atoms with Gasteiger partial charge >= 0.3 is 0 Å². The Morgan fingerprint density at radius 3 is 2.07 bits per heavy atom. The van der Waals surface area contributed by atoms with E-state index < -0.39 is 5.60 Å². The molecule has 0 amide bonds. The van der Waals surface area contributed by atoms with Crippen molar-refractivity contribution in [2.45, 2.75) is 57.7 Å². The van der Waals surface area contributed by atoms with Gasteiger partial charge < -0.3 is 15.2 Å². The number of rotatable bonds is 3. The summed E-state index contributed by atoms with van der Waals surface area (Å²) in [6, 6.07) is 0.477. The molecule has 14 heavy (non-hydrogen) atoms. The molecule has 1 aliphatic rings. The Balaban J connectivity index is 2.49. The smallest absolute Gasteiger partial charge is 0.0767 e. The molecule has 0 atom stereocenters. The Morgan fingerprint density at radius 2 is 1.64 bits per heavy atom. The van der Waals surface area contributed by atoms with Crippen molar-refractivity contribution >= 4 is 0 Å². The number of hydrogen-bond acceptors (Lipinski definition) is 3. The summed E-state index contributed by atoms with van der Waals surface area (Å²) in [5.41, 5.74) is -0.958. The van der Waals surface area contributed by atoms with Crippen molar-refractivity contribution in [1.29, 1.82) is 0 Å². The van der Waals surface area contributed by atoms with Gasteiger partial charge in [0, 0.05) is 24.8 Å². The molecule has 0 saturated carbocycles. The van der Waals surface area contributed by atoms with Crippen LogP contribution in [0.1, 0.15) is 40.5 Å². The third kappa shape index (κ3) is 2.94. The van der Waals surface area contributed by atoms with Crippen LogP contribution in [0.5, 0.6) is 0 Å². The van der Waals surface area contributed by atoms with Crippen molar-refractivity contribution in [2.75, 3.05) is 13.2 Å². The van der Waals surface area contributed by atoms with Crippen LogP contribution < -0.4 is 5.32 Å². The molecule has 0 aromatic rings. The Bertz CT molecular complexity index is 178. The minimum Gasteiger partial charge on any atom is -0.389 e. The van der Waals surface area contributed by atoms with Gasteiger partial charge in [-0.1, -0.05) is 0 Å². The lowest BCUT2D eigenvalue weighted by atomic mass is 9.84. The molecule has 0 aromatic heterocycles. The van der Waals surface area contributed by atoms with Gasteiger partial charge in [0.15, 0.2) is 0 Å². The predicted molar refractivity (Wildman–Crippen MR) is 57.4 cm³/mol. The topological polar surface area (TPSA) is 41.5 Å². The second-order valence-corrected chi connectivity index (χ2v) is 5.22. The standard InChI is InChI=1S/C11H23NO2/c1-10(2,11(3,4)13)12-9-5-7-14-8-6-9/h9,12-13H,5-8H2,1-4H3. The first-order valence-corrected chi connectivity index (χ1v) is 5.41. The second-order valence-electron chi connectivity index (χ2n) is 5.22. The van der Waals surface area contributed by atoms with Crippen LogP contribution in [0.3, 0.4) is 0 Å². The zero-order chi connectivity index (χ0) is 10.8. The zero-order valence-electron chi connectivity index (χ0n) is 9.76. The monoisotopic (exact) mass is 201 g/mol. The molecule has 84 valence electrons. The van der Waals surface area contributed by atoms with E-state index in [0.29, 0.717) is 6.04 Å². The molecule has 0 bridgehead atoms. The van der Waals surface area contributed by atoms with Crippen molar-refractivity contribution < 1.29 is 9.84 Å². The summed E-state index contributed by atoms with van der Waals surface area (Å²) in [6.45, 7) is 9.45. The maximum atomic E-state index is 9.98. The molecular weight excluding hydrogens is 178 g/mol. The van der Waals surface area contributed by atoms with E-state index in [1.165, 1.54) is 0 Å². The number of nitrogens with one attached hydrogen (secondary N) is 1. The zero-order valence-corrected chi connectivity index (χ0v) is 9.76. The number of hydrogen-bond donors (Lipinski definition) is 2. The van der Waals surface area contributed by atoms with Gasteiger partial charge in [-0.15, -0.1) is 0 Å². The molecule has 0 aliphatic carbocycles. The minimum absolute atomic E-state index is 0.255. The molecule has 0 unspecified atom stereocenters. The third-order valence-corrected chi connectivity index (χ3v) is 3.32. The van der Waals surface area contributed by atoms with E-state index in [9.17, 15) is 5.11 Å². The number of aliphatic hydroxyl groups is 1. The lowest BCUT2D eigenvalue weighted by molar-refractivity contribution is -0.0204. The number of ether oxygens (including phenoxy) is 1. The molecule has 1 aliphatic heterocycles. The fraction of sp³-hybridized carbons (Fsp3) is 1.00. The van der Waals surface area contributed by atoms with Crippen LogP contribution in [0.15, 0.2) is 0 Å². The highest BCUT2D eigenvalue weighted by Gasteiger charge is 2.36. The molecule has 0 aromatic carbocycles. The fourth-order valence-electron chi connectivity index (χ4n) is 1.53. The van der Waals surface area contributed by atoms with E-state index in [4.69, 9.17) is 4.74 Å². The summed E-state index contributed by atoms with van der Waals surface area (Å²) in [6.07, 6.45) is 2.08. The Morgan fingerprint density at radius 1 is 1.14 bits per heavy atom. The van der Waals surface area contributed by atoms with E-state index >= 15 is 0 Å². The average molecular weight is 201 g/mol. The lowest BCUT2D eigenvalue weighted by Crippen LogP contribution is -2.59. The van der Waals surface area contributed by atoms with E-state index in [0.717, 1.165) is 26.1 Å². The molecular formula is C11H23NO2. The van der Waals surface area contributed by atoms with Gasteiger partial charge in [-0.3, -0.25) is 0 Å². The van der Waals surface area contributed by atoms with Gasteiger partial charge in [0.05, 0.1) is 5.60 Å². The molecule has 1 fully saturated rings. The Labute approximate surface area is 86.8 Å². The van der Waals surface area contributed by atoms with Crippen LogP contribution in [-0.2, 0) is 4.74 Å². The molecule has 1 rings (SSSR count). The van der Waals surface area contributed by atoms with Crippen LogP contribution in [0, 0.1) is 0 Å². The molecule has 3 heteroatoms. The fourth-order valence-corrected chi connectivity index (χ4v) is 1.53. The van der Waals surface area contributed by atoms with Crippen LogP contribution in [0.2, 0.25) is 0 Å². The first-order chi connectivity index (χ1) is 6.33. The van der Waals surface area contributed by atoms with Crippen molar-refractivity contribution in [2.24, 2.45) is 0 Å². The van der Waals surface area contributed by atoms with Crippen molar-refractivity contribution in [3.05, 3.63) is 0 Å². The molecule has 0 radical (unpaired) electrons. The van der Waals surface area contributed by atoms with Crippen molar-refractivity contribution in [1.82, 2.24) is 5.32 Å². The summed E-state index contributed by atoms with van der Waals surface area (Å²) < 4.78 is 5.30. The molecule has 0 spiro atoms. The summed E-state index contributed by atoms with van der Waals surface area (Å²) in [4.78, 5) is 0. The normalized spacial score (nSPS) is 21.2. The van der Waals surface area contributed by atoms with E-state index in [1.807, 2.05) is 27.7 Å². The Kier molecular flexibility index (Phi) is 3.56. The Hall–Kier alpha value is -0.120.